The highest BCUT2D eigenvalue weighted by Gasteiger charge is 2.04. The van der Waals surface area contributed by atoms with Gasteiger partial charge in [-0.1, -0.05) is 89.0 Å². The highest BCUT2D eigenvalue weighted by molar-refractivity contribution is 5.66. The summed E-state index contributed by atoms with van der Waals surface area (Å²) in [5.41, 5.74) is 2.87. The van der Waals surface area contributed by atoms with Gasteiger partial charge in [0.2, 0.25) is 0 Å². The van der Waals surface area contributed by atoms with Crippen LogP contribution in [0.1, 0.15) is 112 Å². The summed E-state index contributed by atoms with van der Waals surface area (Å²) in [6, 6.07) is 0. The Labute approximate surface area is 163 Å². The SMILES string of the molecule is CCCCCCCCC[C@H](C)/C=C(/C)C/C(C)=C/[C@@H](C)CCCC(=O)O. The Bertz CT molecular complexity index is 420. The van der Waals surface area contributed by atoms with Gasteiger partial charge in [-0.15, -0.1) is 0 Å². The van der Waals surface area contributed by atoms with Crippen LogP contribution < -0.4 is 0 Å². The molecule has 0 rings (SSSR count). The van der Waals surface area contributed by atoms with Crippen LogP contribution in [0.5, 0.6) is 0 Å². The van der Waals surface area contributed by atoms with Crippen molar-refractivity contribution in [3.8, 4) is 0 Å². The second kappa shape index (κ2) is 16.1. The molecule has 0 aliphatic heterocycles. The van der Waals surface area contributed by atoms with Crippen molar-refractivity contribution in [2.45, 2.75) is 112 Å². The van der Waals surface area contributed by atoms with E-state index in [0.717, 1.165) is 19.3 Å². The number of hydrogen-bond donors (Lipinski definition) is 1. The zero-order chi connectivity index (χ0) is 19.8. The molecule has 1 N–H and O–H groups in total. The predicted octanol–water partition coefficient (Wildman–Crippen LogP) is 7.94. The van der Waals surface area contributed by atoms with E-state index < -0.39 is 5.97 Å². The van der Waals surface area contributed by atoms with Crippen molar-refractivity contribution >= 4 is 5.97 Å². The first-order valence-electron chi connectivity index (χ1n) is 10.9. The van der Waals surface area contributed by atoms with Gasteiger partial charge in [-0.05, 0) is 51.4 Å². The third-order valence-electron chi connectivity index (χ3n) is 5.01. The normalized spacial score (nSPS) is 15.1. The van der Waals surface area contributed by atoms with Gasteiger partial charge in [0.05, 0.1) is 0 Å². The summed E-state index contributed by atoms with van der Waals surface area (Å²) in [5.74, 6) is 0.449. The van der Waals surface area contributed by atoms with E-state index in [-0.39, 0.29) is 6.42 Å². The Kier molecular flexibility index (Phi) is 15.5. The van der Waals surface area contributed by atoms with Crippen molar-refractivity contribution in [2.24, 2.45) is 11.8 Å². The van der Waals surface area contributed by atoms with Gasteiger partial charge in [-0.3, -0.25) is 4.79 Å². The number of allylic oxidation sites excluding steroid dienone is 4. The fraction of sp³-hybridized carbons (Fsp3) is 0.792. The van der Waals surface area contributed by atoms with Crippen molar-refractivity contribution in [3.63, 3.8) is 0 Å². The van der Waals surface area contributed by atoms with E-state index in [1.807, 2.05) is 0 Å². The van der Waals surface area contributed by atoms with E-state index in [0.29, 0.717) is 11.8 Å². The Balaban J connectivity index is 4.00. The van der Waals surface area contributed by atoms with Gasteiger partial charge in [-0.25, -0.2) is 0 Å². The molecule has 0 aliphatic carbocycles. The number of unbranched alkanes of at least 4 members (excludes halogenated alkanes) is 6. The summed E-state index contributed by atoms with van der Waals surface area (Å²) in [6.07, 6.45) is 18.8. The minimum absolute atomic E-state index is 0.284. The standard InChI is InChI=1S/C24H44O2/c1-6-7-8-9-10-11-12-14-20(2)17-22(4)19-23(5)18-21(3)15-13-16-24(25)26/h17-18,20-21H,6-16,19H2,1-5H3,(H,25,26)/b22-17-,23-18+/t20-,21-/m0/s1. The second-order valence-electron chi connectivity index (χ2n) is 8.35. The molecular formula is C24H44O2. The third kappa shape index (κ3) is 16.4. The number of hydrogen-bond acceptors (Lipinski definition) is 1. The van der Waals surface area contributed by atoms with Crippen molar-refractivity contribution < 1.29 is 9.90 Å². The fourth-order valence-electron chi connectivity index (χ4n) is 3.69. The van der Waals surface area contributed by atoms with Gasteiger partial charge in [0.15, 0.2) is 0 Å². The quantitative estimate of drug-likeness (QED) is 0.223. The molecule has 0 aromatic heterocycles. The van der Waals surface area contributed by atoms with Gasteiger partial charge in [-0.2, -0.15) is 0 Å². The molecule has 152 valence electrons. The molecule has 0 saturated heterocycles. The summed E-state index contributed by atoms with van der Waals surface area (Å²) < 4.78 is 0. The van der Waals surface area contributed by atoms with Gasteiger partial charge < -0.3 is 5.11 Å². The van der Waals surface area contributed by atoms with E-state index in [1.54, 1.807) is 0 Å². The Hall–Kier alpha value is -1.05. The molecule has 0 fully saturated rings. The maximum atomic E-state index is 10.6. The summed E-state index contributed by atoms with van der Waals surface area (Å²) in [5, 5.41) is 8.71. The molecule has 2 heteroatoms. The molecule has 0 spiro atoms. The summed E-state index contributed by atoms with van der Waals surface area (Å²) in [4.78, 5) is 10.6. The number of carboxylic acid groups (broad SMARTS) is 1. The van der Waals surface area contributed by atoms with Crippen LogP contribution in [0.15, 0.2) is 23.3 Å². The zero-order valence-corrected chi connectivity index (χ0v) is 18.2. The molecule has 0 heterocycles. The minimum atomic E-state index is -0.688. The fourth-order valence-corrected chi connectivity index (χ4v) is 3.69. The lowest BCUT2D eigenvalue weighted by molar-refractivity contribution is -0.137. The maximum Gasteiger partial charge on any atom is 0.303 e. The van der Waals surface area contributed by atoms with E-state index >= 15 is 0 Å². The van der Waals surface area contributed by atoms with Crippen LogP contribution in [0, 0.1) is 11.8 Å². The van der Waals surface area contributed by atoms with Gasteiger partial charge in [0, 0.05) is 6.42 Å². The van der Waals surface area contributed by atoms with Gasteiger partial charge >= 0.3 is 5.97 Å². The Morgan fingerprint density at radius 2 is 1.27 bits per heavy atom. The van der Waals surface area contributed by atoms with E-state index in [2.05, 4.69) is 46.8 Å². The summed E-state index contributed by atoms with van der Waals surface area (Å²) in [7, 11) is 0. The van der Waals surface area contributed by atoms with E-state index in [4.69, 9.17) is 5.11 Å². The van der Waals surface area contributed by atoms with E-state index in [1.165, 1.54) is 62.5 Å². The van der Waals surface area contributed by atoms with Crippen LogP contribution in [0.3, 0.4) is 0 Å². The van der Waals surface area contributed by atoms with Crippen molar-refractivity contribution in [2.75, 3.05) is 0 Å². The molecule has 0 unspecified atom stereocenters. The summed E-state index contributed by atoms with van der Waals surface area (Å²) in [6.45, 7) is 11.2. The molecule has 0 radical (unpaired) electrons. The number of rotatable bonds is 16. The van der Waals surface area contributed by atoms with Crippen LogP contribution in [-0.4, -0.2) is 11.1 Å². The Morgan fingerprint density at radius 3 is 1.77 bits per heavy atom. The van der Waals surface area contributed by atoms with Crippen LogP contribution in [0.2, 0.25) is 0 Å². The lowest BCUT2D eigenvalue weighted by Gasteiger charge is -2.11. The van der Waals surface area contributed by atoms with Crippen molar-refractivity contribution in [3.05, 3.63) is 23.3 Å². The van der Waals surface area contributed by atoms with Crippen molar-refractivity contribution in [1.82, 2.24) is 0 Å². The van der Waals surface area contributed by atoms with Crippen LogP contribution in [-0.2, 0) is 4.79 Å². The molecule has 0 aromatic carbocycles. The van der Waals surface area contributed by atoms with Gasteiger partial charge in [0.25, 0.3) is 0 Å². The molecule has 0 aliphatic rings. The van der Waals surface area contributed by atoms with Crippen molar-refractivity contribution in [1.29, 1.82) is 0 Å². The average Bonchev–Trinajstić information content (AvgIpc) is 2.53. The largest absolute Gasteiger partial charge is 0.481 e. The number of carboxylic acids is 1. The number of carbonyl (C=O) groups is 1. The smallest absolute Gasteiger partial charge is 0.303 e. The highest BCUT2D eigenvalue weighted by atomic mass is 16.4. The molecule has 0 saturated carbocycles. The molecular weight excluding hydrogens is 320 g/mol. The van der Waals surface area contributed by atoms with Gasteiger partial charge in [0.1, 0.15) is 0 Å². The lowest BCUT2D eigenvalue weighted by atomic mass is 9.95. The minimum Gasteiger partial charge on any atom is -0.481 e. The molecule has 0 amide bonds. The second-order valence-corrected chi connectivity index (χ2v) is 8.35. The molecule has 2 atom stereocenters. The number of aliphatic carboxylic acids is 1. The topological polar surface area (TPSA) is 37.3 Å². The lowest BCUT2D eigenvalue weighted by Crippen LogP contribution is -1.98. The predicted molar refractivity (Wildman–Crippen MR) is 115 cm³/mol. The van der Waals surface area contributed by atoms with Crippen LogP contribution in [0.4, 0.5) is 0 Å². The highest BCUT2D eigenvalue weighted by Crippen LogP contribution is 2.20. The molecule has 26 heavy (non-hydrogen) atoms. The monoisotopic (exact) mass is 364 g/mol. The first kappa shape index (κ1) is 24.9. The zero-order valence-electron chi connectivity index (χ0n) is 18.2. The molecule has 0 aromatic rings. The van der Waals surface area contributed by atoms with Crippen LogP contribution >= 0.6 is 0 Å². The first-order valence-corrected chi connectivity index (χ1v) is 10.9. The maximum absolute atomic E-state index is 10.6. The summed E-state index contributed by atoms with van der Waals surface area (Å²) >= 11 is 0. The van der Waals surface area contributed by atoms with E-state index in [9.17, 15) is 4.79 Å². The van der Waals surface area contributed by atoms with Crippen LogP contribution in [0.25, 0.3) is 0 Å². The third-order valence-corrected chi connectivity index (χ3v) is 5.01. The molecule has 2 nitrogen and oxygen atoms in total. The first-order chi connectivity index (χ1) is 12.3. The average molecular weight is 365 g/mol. The Morgan fingerprint density at radius 1 is 0.808 bits per heavy atom. The molecule has 0 bridgehead atoms.